The van der Waals surface area contributed by atoms with Crippen LogP contribution in [0.2, 0.25) is 0 Å². The summed E-state index contributed by atoms with van der Waals surface area (Å²) in [6, 6.07) is 14.4. The van der Waals surface area contributed by atoms with Gasteiger partial charge in [0.05, 0.1) is 6.10 Å². The Morgan fingerprint density at radius 2 is 1.76 bits per heavy atom. The fraction of sp³-hybridized carbons (Fsp3) is 0.480. The summed E-state index contributed by atoms with van der Waals surface area (Å²) >= 11 is 0. The number of nitrogens with one attached hydrogen (secondary N) is 1. The molecule has 0 saturated carbocycles. The molecule has 4 nitrogen and oxygen atoms in total. The Morgan fingerprint density at radius 1 is 1.00 bits per heavy atom. The quantitative estimate of drug-likeness (QED) is 0.616. The van der Waals surface area contributed by atoms with Crippen molar-refractivity contribution in [3.05, 3.63) is 59.2 Å². The van der Waals surface area contributed by atoms with E-state index in [9.17, 15) is 4.79 Å². The van der Waals surface area contributed by atoms with E-state index < -0.39 is 6.10 Å². The molecule has 0 saturated heterocycles. The van der Waals surface area contributed by atoms with Crippen LogP contribution >= 0.6 is 0 Å². The van der Waals surface area contributed by atoms with Crippen molar-refractivity contribution in [3.63, 3.8) is 0 Å². The standard InChI is InChI=1S/C25H33NO3/c1-18(2)28-22-15-13-20(14-16-22)8-7-17-26-25(27)19(3)29-24-12-6-10-21-9-4-5-11-23(21)24/h6,10,12-16,18-19H,4-5,7-9,11,17H2,1-3H3,(H,26,27)/t19-/m0/s1. The molecule has 2 aromatic carbocycles. The monoisotopic (exact) mass is 395 g/mol. The Kier molecular flexibility index (Phi) is 7.56. The first-order valence-corrected chi connectivity index (χ1v) is 10.8. The normalized spacial score (nSPS) is 14.2. The van der Waals surface area contributed by atoms with Gasteiger partial charge in [0.15, 0.2) is 6.10 Å². The maximum absolute atomic E-state index is 12.4. The molecule has 1 amide bonds. The molecule has 0 unspecified atom stereocenters. The molecule has 0 heterocycles. The van der Waals surface area contributed by atoms with Crippen LogP contribution in [0.4, 0.5) is 0 Å². The van der Waals surface area contributed by atoms with Crippen molar-refractivity contribution >= 4 is 5.91 Å². The zero-order valence-electron chi connectivity index (χ0n) is 17.9. The topological polar surface area (TPSA) is 47.6 Å². The predicted molar refractivity (Wildman–Crippen MR) is 117 cm³/mol. The summed E-state index contributed by atoms with van der Waals surface area (Å²) in [5.41, 5.74) is 3.89. The Morgan fingerprint density at radius 3 is 2.52 bits per heavy atom. The summed E-state index contributed by atoms with van der Waals surface area (Å²) in [6.07, 6.45) is 6.09. The average Bonchev–Trinajstić information content (AvgIpc) is 2.72. The summed E-state index contributed by atoms with van der Waals surface area (Å²) in [6.45, 7) is 6.51. The third kappa shape index (κ3) is 6.25. The molecule has 0 radical (unpaired) electrons. The molecule has 1 aliphatic rings. The van der Waals surface area contributed by atoms with Crippen molar-refractivity contribution in [2.75, 3.05) is 6.54 Å². The second-order valence-electron chi connectivity index (χ2n) is 8.07. The number of carbonyl (C=O) groups is 1. The minimum Gasteiger partial charge on any atom is -0.491 e. The van der Waals surface area contributed by atoms with Crippen LogP contribution in [0.25, 0.3) is 0 Å². The van der Waals surface area contributed by atoms with Crippen LogP contribution in [-0.2, 0) is 24.1 Å². The van der Waals surface area contributed by atoms with Crippen molar-refractivity contribution < 1.29 is 14.3 Å². The minimum atomic E-state index is -0.490. The molecular weight excluding hydrogens is 362 g/mol. The van der Waals surface area contributed by atoms with Crippen LogP contribution in [-0.4, -0.2) is 24.7 Å². The van der Waals surface area contributed by atoms with Gasteiger partial charge in [0, 0.05) is 6.54 Å². The van der Waals surface area contributed by atoms with E-state index in [0.717, 1.165) is 37.2 Å². The molecule has 156 valence electrons. The average molecular weight is 396 g/mol. The SMILES string of the molecule is CC(C)Oc1ccc(CCCNC(=O)[C@H](C)Oc2cccc3c2CCCC3)cc1. The van der Waals surface area contributed by atoms with Gasteiger partial charge in [-0.3, -0.25) is 4.79 Å². The zero-order valence-corrected chi connectivity index (χ0v) is 17.9. The summed E-state index contributed by atoms with van der Waals surface area (Å²) in [4.78, 5) is 12.4. The summed E-state index contributed by atoms with van der Waals surface area (Å²) in [5.74, 6) is 1.71. The Balaban J connectivity index is 1.41. The Hall–Kier alpha value is -2.49. The van der Waals surface area contributed by atoms with E-state index in [4.69, 9.17) is 9.47 Å². The highest BCUT2D eigenvalue weighted by atomic mass is 16.5. The predicted octanol–water partition coefficient (Wildman–Crippen LogP) is 4.87. The number of ether oxygens (including phenoxy) is 2. The lowest BCUT2D eigenvalue weighted by atomic mass is 9.91. The van der Waals surface area contributed by atoms with Crippen molar-refractivity contribution in [1.82, 2.24) is 5.32 Å². The number of aryl methyl sites for hydroxylation is 2. The first-order valence-electron chi connectivity index (χ1n) is 10.8. The summed E-state index contributed by atoms with van der Waals surface area (Å²) < 4.78 is 11.7. The van der Waals surface area contributed by atoms with Crippen LogP contribution in [0, 0.1) is 0 Å². The number of hydrogen-bond acceptors (Lipinski definition) is 3. The Labute approximate surface area is 174 Å². The van der Waals surface area contributed by atoms with Gasteiger partial charge in [-0.25, -0.2) is 0 Å². The lowest BCUT2D eigenvalue weighted by molar-refractivity contribution is -0.127. The fourth-order valence-corrected chi connectivity index (χ4v) is 3.76. The second kappa shape index (κ2) is 10.3. The van der Waals surface area contributed by atoms with Gasteiger partial charge >= 0.3 is 0 Å². The number of carbonyl (C=O) groups excluding carboxylic acids is 1. The number of benzene rings is 2. The van der Waals surface area contributed by atoms with E-state index >= 15 is 0 Å². The molecule has 0 fully saturated rings. The van der Waals surface area contributed by atoms with Crippen molar-refractivity contribution in [2.45, 2.75) is 71.5 Å². The lowest BCUT2D eigenvalue weighted by Crippen LogP contribution is -2.37. The van der Waals surface area contributed by atoms with Gasteiger partial charge in [0.25, 0.3) is 5.91 Å². The van der Waals surface area contributed by atoms with Crippen LogP contribution in [0.3, 0.4) is 0 Å². The molecule has 1 N–H and O–H groups in total. The molecule has 1 atom stereocenters. The van der Waals surface area contributed by atoms with Crippen LogP contribution < -0.4 is 14.8 Å². The van der Waals surface area contributed by atoms with Crippen LogP contribution in [0.15, 0.2) is 42.5 Å². The van der Waals surface area contributed by atoms with E-state index in [1.54, 1.807) is 0 Å². The van der Waals surface area contributed by atoms with Crippen molar-refractivity contribution in [2.24, 2.45) is 0 Å². The summed E-state index contributed by atoms with van der Waals surface area (Å²) in [5, 5.41) is 3.00. The Bertz CT molecular complexity index is 798. The molecular formula is C25H33NO3. The second-order valence-corrected chi connectivity index (χ2v) is 8.07. The molecule has 3 rings (SSSR count). The van der Waals surface area contributed by atoms with Gasteiger partial charge < -0.3 is 14.8 Å². The molecule has 4 heteroatoms. The molecule has 0 aromatic heterocycles. The minimum absolute atomic E-state index is 0.0564. The van der Waals surface area contributed by atoms with Gasteiger partial charge in [-0.1, -0.05) is 24.3 Å². The molecule has 2 aromatic rings. The zero-order chi connectivity index (χ0) is 20.6. The lowest BCUT2D eigenvalue weighted by Gasteiger charge is -2.22. The largest absolute Gasteiger partial charge is 0.491 e. The van der Waals surface area contributed by atoms with Gasteiger partial charge in [-0.15, -0.1) is 0 Å². The maximum Gasteiger partial charge on any atom is 0.260 e. The number of rotatable bonds is 9. The van der Waals surface area contributed by atoms with E-state index in [-0.39, 0.29) is 12.0 Å². The van der Waals surface area contributed by atoms with E-state index in [1.165, 1.54) is 29.5 Å². The molecule has 0 aliphatic heterocycles. The van der Waals surface area contributed by atoms with Crippen LogP contribution in [0.5, 0.6) is 11.5 Å². The maximum atomic E-state index is 12.4. The number of hydrogen-bond donors (Lipinski definition) is 1. The first-order chi connectivity index (χ1) is 14.0. The highest BCUT2D eigenvalue weighted by Gasteiger charge is 2.19. The van der Waals surface area contributed by atoms with E-state index in [1.807, 2.05) is 45.0 Å². The van der Waals surface area contributed by atoms with Crippen molar-refractivity contribution in [3.8, 4) is 11.5 Å². The number of amides is 1. The smallest absolute Gasteiger partial charge is 0.260 e. The van der Waals surface area contributed by atoms with E-state index in [2.05, 4.69) is 23.5 Å². The van der Waals surface area contributed by atoms with Gasteiger partial charge in [-0.2, -0.15) is 0 Å². The first kappa shape index (κ1) is 21.2. The van der Waals surface area contributed by atoms with Crippen LogP contribution in [0.1, 0.15) is 56.7 Å². The van der Waals surface area contributed by atoms with E-state index in [0.29, 0.717) is 6.54 Å². The number of fused-ring (bicyclic) bond motifs is 1. The molecule has 0 spiro atoms. The molecule has 0 bridgehead atoms. The molecule has 1 aliphatic carbocycles. The van der Waals surface area contributed by atoms with Gasteiger partial charge in [-0.05, 0) is 94.2 Å². The summed E-state index contributed by atoms with van der Waals surface area (Å²) in [7, 11) is 0. The van der Waals surface area contributed by atoms with Gasteiger partial charge in [0.1, 0.15) is 11.5 Å². The fourth-order valence-electron chi connectivity index (χ4n) is 3.76. The van der Waals surface area contributed by atoms with Gasteiger partial charge in [0.2, 0.25) is 0 Å². The molecule has 29 heavy (non-hydrogen) atoms. The highest BCUT2D eigenvalue weighted by molar-refractivity contribution is 5.80. The highest BCUT2D eigenvalue weighted by Crippen LogP contribution is 2.30. The third-order valence-corrected chi connectivity index (χ3v) is 5.26. The van der Waals surface area contributed by atoms with Crippen molar-refractivity contribution in [1.29, 1.82) is 0 Å². The third-order valence-electron chi connectivity index (χ3n) is 5.26.